The lowest BCUT2D eigenvalue weighted by molar-refractivity contribution is -0.119. The van der Waals surface area contributed by atoms with Crippen LogP contribution in [-0.2, 0) is 14.3 Å². The van der Waals surface area contributed by atoms with E-state index in [-0.39, 0.29) is 18.1 Å². The Hall–Kier alpha value is -1.59. The van der Waals surface area contributed by atoms with E-state index in [1.807, 2.05) is 24.3 Å². The van der Waals surface area contributed by atoms with Gasteiger partial charge in [-0.1, -0.05) is 6.07 Å². The molecule has 0 spiro atoms. The third kappa shape index (κ3) is 5.02. The lowest BCUT2D eigenvalue weighted by Gasteiger charge is -2.36. The summed E-state index contributed by atoms with van der Waals surface area (Å²) < 4.78 is 10.5. The van der Waals surface area contributed by atoms with Crippen LogP contribution in [0.15, 0.2) is 24.3 Å². The van der Waals surface area contributed by atoms with Crippen molar-refractivity contribution in [2.75, 3.05) is 31.0 Å². The summed E-state index contributed by atoms with van der Waals surface area (Å²) in [5, 5.41) is 6.33. The number of benzene rings is 1. The molecule has 5 nitrogen and oxygen atoms in total. The molecule has 0 saturated carbocycles. The van der Waals surface area contributed by atoms with E-state index in [4.69, 9.17) is 9.47 Å². The van der Waals surface area contributed by atoms with Gasteiger partial charge in [-0.3, -0.25) is 4.79 Å². The molecule has 1 aliphatic heterocycles. The van der Waals surface area contributed by atoms with Gasteiger partial charge in [0.1, 0.15) is 6.61 Å². The van der Waals surface area contributed by atoms with Gasteiger partial charge in [0, 0.05) is 31.1 Å². The van der Waals surface area contributed by atoms with E-state index in [0.29, 0.717) is 6.04 Å². The molecule has 2 rings (SSSR count). The molecule has 0 aromatic heterocycles. The van der Waals surface area contributed by atoms with Crippen LogP contribution in [0.1, 0.15) is 26.7 Å². The summed E-state index contributed by atoms with van der Waals surface area (Å²) in [7, 11) is 1.50. The molecule has 0 radical (unpaired) electrons. The first kappa shape index (κ1) is 15.8. The third-order valence-electron chi connectivity index (χ3n) is 3.49. The number of methoxy groups -OCH3 is 1. The van der Waals surface area contributed by atoms with Crippen molar-refractivity contribution in [3.05, 3.63) is 24.3 Å². The van der Waals surface area contributed by atoms with Crippen molar-refractivity contribution in [1.29, 1.82) is 0 Å². The number of rotatable bonds is 5. The van der Waals surface area contributed by atoms with Crippen molar-refractivity contribution in [2.45, 2.75) is 38.3 Å². The SMILES string of the molecule is COCC(=O)Nc1cccc(NC2CCOC(C)(C)C2)c1. The van der Waals surface area contributed by atoms with E-state index in [1.54, 1.807) is 0 Å². The molecule has 5 heteroatoms. The molecule has 0 bridgehead atoms. The minimum atomic E-state index is -0.151. The zero-order valence-electron chi connectivity index (χ0n) is 12.9. The summed E-state index contributed by atoms with van der Waals surface area (Å²) in [6.45, 7) is 5.06. The number of carbonyl (C=O) groups excluding carboxylic acids is 1. The van der Waals surface area contributed by atoms with E-state index in [2.05, 4.69) is 24.5 Å². The molecular weight excluding hydrogens is 268 g/mol. The second-order valence-electron chi connectivity index (χ2n) is 6.00. The standard InChI is InChI=1S/C16H24N2O3/c1-16(2)10-14(7-8-21-16)17-12-5-4-6-13(9-12)18-15(19)11-20-3/h4-6,9,14,17H,7-8,10-11H2,1-3H3,(H,18,19). The van der Waals surface area contributed by atoms with Crippen molar-refractivity contribution in [2.24, 2.45) is 0 Å². The average molecular weight is 292 g/mol. The summed E-state index contributed by atoms with van der Waals surface area (Å²) >= 11 is 0. The Balaban J connectivity index is 1.96. The van der Waals surface area contributed by atoms with Gasteiger partial charge in [-0.25, -0.2) is 0 Å². The largest absolute Gasteiger partial charge is 0.382 e. The molecule has 1 aromatic rings. The molecule has 1 saturated heterocycles. The number of carbonyl (C=O) groups is 1. The molecule has 2 N–H and O–H groups in total. The minimum absolute atomic E-state index is 0.0613. The molecule has 1 fully saturated rings. The highest BCUT2D eigenvalue weighted by atomic mass is 16.5. The van der Waals surface area contributed by atoms with Gasteiger partial charge in [-0.2, -0.15) is 0 Å². The smallest absolute Gasteiger partial charge is 0.250 e. The molecular formula is C16H24N2O3. The van der Waals surface area contributed by atoms with E-state index >= 15 is 0 Å². The van der Waals surface area contributed by atoms with Crippen molar-refractivity contribution in [3.8, 4) is 0 Å². The van der Waals surface area contributed by atoms with E-state index < -0.39 is 0 Å². The Morgan fingerprint density at radius 1 is 1.43 bits per heavy atom. The highest BCUT2D eigenvalue weighted by Gasteiger charge is 2.28. The molecule has 1 aromatic carbocycles. The van der Waals surface area contributed by atoms with Crippen molar-refractivity contribution < 1.29 is 14.3 Å². The van der Waals surface area contributed by atoms with Gasteiger partial charge in [0.2, 0.25) is 5.91 Å². The maximum atomic E-state index is 11.5. The second-order valence-corrected chi connectivity index (χ2v) is 6.00. The second kappa shape index (κ2) is 6.91. The number of amides is 1. The molecule has 1 aliphatic rings. The van der Waals surface area contributed by atoms with Crippen LogP contribution >= 0.6 is 0 Å². The number of nitrogens with one attached hydrogen (secondary N) is 2. The van der Waals surface area contributed by atoms with E-state index in [0.717, 1.165) is 30.8 Å². The Morgan fingerprint density at radius 3 is 2.90 bits per heavy atom. The Labute approximate surface area is 126 Å². The first-order valence-corrected chi connectivity index (χ1v) is 7.28. The fraction of sp³-hybridized carbons (Fsp3) is 0.562. The summed E-state index contributed by atoms with van der Waals surface area (Å²) in [5.74, 6) is -0.151. The Kier molecular flexibility index (Phi) is 5.20. The predicted octanol–water partition coefficient (Wildman–Crippen LogP) is 2.64. The topological polar surface area (TPSA) is 59.6 Å². The molecule has 1 amide bonds. The van der Waals surface area contributed by atoms with E-state index in [9.17, 15) is 4.79 Å². The lowest BCUT2D eigenvalue weighted by atomic mass is 9.94. The van der Waals surface area contributed by atoms with Crippen LogP contribution in [0.3, 0.4) is 0 Å². The van der Waals surface area contributed by atoms with Gasteiger partial charge in [0.05, 0.1) is 5.60 Å². The maximum Gasteiger partial charge on any atom is 0.250 e. The van der Waals surface area contributed by atoms with Crippen molar-refractivity contribution in [1.82, 2.24) is 0 Å². The van der Waals surface area contributed by atoms with Crippen LogP contribution < -0.4 is 10.6 Å². The van der Waals surface area contributed by atoms with Gasteiger partial charge in [0.25, 0.3) is 0 Å². The first-order chi connectivity index (χ1) is 9.98. The van der Waals surface area contributed by atoms with Crippen LogP contribution in [0, 0.1) is 0 Å². The predicted molar refractivity (Wildman–Crippen MR) is 83.6 cm³/mol. The number of anilines is 2. The average Bonchev–Trinajstić information content (AvgIpc) is 2.38. The van der Waals surface area contributed by atoms with Crippen LogP contribution in [0.2, 0.25) is 0 Å². The highest BCUT2D eigenvalue weighted by Crippen LogP contribution is 2.27. The molecule has 0 aliphatic carbocycles. The van der Waals surface area contributed by atoms with Crippen molar-refractivity contribution >= 4 is 17.3 Å². The van der Waals surface area contributed by atoms with Gasteiger partial charge in [-0.15, -0.1) is 0 Å². The molecule has 21 heavy (non-hydrogen) atoms. The number of hydrogen-bond acceptors (Lipinski definition) is 4. The molecule has 1 heterocycles. The lowest BCUT2D eigenvalue weighted by Crippen LogP contribution is -2.40. The summed E-state index contributed by atoms with van der Waals surface area (Å²) in [6.07, 6.45) is 1.96. The normalized spacial score (nSPS) is 20.8. The number of hydrogen-bond donors (Lipinski definition) is 2. The zero-order valence-corrected chi connectivity index (χ0v) is 12.9. The summed E-state index contributed by atoms with van der Waals surface area (Å²) in [4.78, 5) is 11.5. The molecule has 1 unspecified atom stereocenters. The Bertz CT molecular complexity index is 488. The highest BCUT2D eigenvalue weighted by molar-refractivity contribution is 5.92. The number of ether oxygens (including phenoxy) is 2. The third-order valence-corrected chi connectivity index (χ3v) is 3.49. The van der Waals surface area contributed by atoms with Crippen LogP contribution in [0.5, 0.6) is 0 Å². The Morgan fingerprint density at radius 2 is 2.19 bits per heavy atom. The van der Waals surface area contributed by atoms with Crippen LogP contribution in [0.25, 0.3) is 0 Å². The maximum absolute atomic E-state index is 11.5. The van der Waals surface area contributed by atoms with Gasteiger partial charge >= 0.3 is 0 Å². The molecule has 1 atom stereocenters. The monoisotopic (exact) mass is 292 g/mol. The summed E-state index contributed by atoms with van der Waals surface area (Å²) in [5.41, 5.74) is 1.70. The summed E-state index contributed by atoms with van der Waals surface area (Å²) in [6, 6.07) is 8.13. The quantitative estimate of drug-likeness (QED) is 0.876. The van der Waals surface area contributed by atoms with Crippen LogP contribution in [0.4, 0.5) is 11.4 Å². The zero-order chi connectivity index (χ0) is 15.3. The molecule has 116 valence electrons. The fourth-order valence-corrected chi connectivity index (χ4v) is 2.61. The van der Waals surface area contributed by atoms with Crippen LogP contribution in [-0.4, -0.2) is 37.9 Å². The van der Waals surface area contributed by atoms with E-state index in [1.165, 1.54) is 7.11 Å². The van der Waals surface area contributed by atoms with Gasteiger partial charge in [0.15, 0.2) is 0 Å². The van der Waals surface area contributed by atoms with Gasteiger partial charge < -0.3 is 20.1 Å². The minimum Gasteiger partial charge on any atom is -0.382 e. The van der Waals surface area contributed by atoms with Gasteiger partial charge in [-0.05, 0) is 44.9 Å². The fourth-order valence-electron chi connectivity index (χ4n) is 2.61. The van der Waals surface area contributed by atoms with Crippen molar-refractivity contribution in [3.63, 3.8) is 0 Å². The first-order valence-electron chi connectivity index (χ1n) is 7.28.